The number of thiocarbonyl (C=S) groups is 1. The summed E-state index contributed by atoms with van der Waals surface area (Å²) in [6.07, 6.45) is 0.339. The topological polar surface area (TPSA) is 38.3 Å². The maximum absolute atomic E-state index is 13.4. The number of thioether (sulfide) groups is 1. The van der Waals surface area contributed by atoms with Gasteiger partial charge >= 0.3 is 0 Å². The molecule has 5 rings (SSSR count). The molecule has 1 unspecified atom stereocenters. The molecular weight excluding hydrogens is 491 g/mol. The Bertz CT molecular complexity index is 1370. The predicted molar refractivity (Wildman–Crippen MR) is 150 cm³/mol. The number of aryl methyl sites for hydroxylation is 1. The van der Waals surface area contributed by atoms with Crippen molar-refractivity contribution < 1.29 is 9.53 Å². The fourth-order valence-corrected chi connectivity index (χ4v) is 6.22. The van der Waals surface area contributed by atoms with Crippen LogP contribution in [-0.2, 0) is 0 Å². The van der Waals surface area contributed by atoms with Crippen molar-refractivity contribution in [1.82, 2.24) is 0 Å². The molecule has 0 aliphatic carbocycles. The van der Waals surface area contributed by atoms with Crippen molar-refractivity contribution in [2.75, 3.05) is 5.32 Å². The molecule has 4 aromatic rings. The molecule has 1 aliphatic heterocycles. The minimum absolute atomic E-state index is 0.0757. The molecule has 0 bridgehead atoms. The second kappa shape index (κ2) is 10.7. The largest absolute Gasteiger partial charge is 0.455 e. The number of rotatable bonds is 6. The standard InChI is InChI=1S/C29H23NO2S3/c1-19-11-14-22(15-12-19)30-29(33)35-27(20-7-3-2-4-8-20)18-23(31)21-13-16-25-28(17-21)34-26-10-6-5-9-24(26)32-25/h2-17,27H,18H2,1H3,(H,30,33). The van der Waals surface area contributed by atoms with Crippen LogP contribution in [0.4, 0.5) is 5.69 Å². The van der Waals surface area contributed by atoms with Crippen molar-refractivity contribution in [3.05, 3.63) is 114 Å². The molecule has 174 valence electrons. The maximum Gasteiger partial charge on any atom is 0.164 e. The van der Waals surface area contributed by atoms with E-state index in [1.165, 1.54) is 17.3 Å². The zero-order chi connectivity index (χ0) is 24.2. The summed E-state index contributed by atoms with van der Waals surface area (Å²) in [5, 5.41) is 3.19. The molecule has 0 radical (unpaired) electrons. The molecule has 0 amide bonds. The van der Waals surface area contributed by atoms with Crippen molar-refractivity contribution in [3.8, 4) is 11.5 Å². The molecule has 35 heavy (non-hydrogen) atoms. The van der Waals surface area contributed by atoms with E-state index >= 15 is 0 Å². The third-order valence-electron chi connectivity index (χ3n) is 5.64. The first-order valence-electron chi connectivity index (χ1n) is 11.3. The average Bonchev–Trinajstić information content (AvgIpc) is 2.88. The zero-order valence-electron chi connectivity index (χ0n) is 19.1. The molecule has 0 saturated carbocycles. The highest BCUT2D eigenvalue weighted by Gasteiger charge is 2.23. The first-order chi connectivity index (χ1) is 17.0. The molecule has 3 nitrogen and oxygen atoms in total. The lowest BCUT2D eigenvalue weighted by molar-refractivity contribution is 0.0982. The van der Waals surface area contributed by atoms with E-state index in [1.807, 2.05) is 97.1 Å². The third kappa shape index (κ3) is 5.78. The van der Waals surface area contributed by atoms with Crippen molar-refractivity contribution >= 4 is 51.5 Å². The molecule has 1 heterocycles. The van der Waals surface area contributed by atoms with Gasteiger partial charge in [0.05, 0.1) is 9.79 Å². The van der Waals surface area contributed by atoms with E-state index in [9.17, 15) is 4.79 Å². The van der Waals surface area contributed by atoms with Crippen LogP contribution >= 0.6 is 35.7 Å². The van der Waals surface area contributed by atoms with Gasteiger partial charge in [0.15, 0.2) is 5.78 Å². The summed E-state index contributed by atoms with van der Waals surface area (Å²) in [7, 11) is 0. The van der Waals surface area contributed by atoms with Crippen molar-refractivity contribution in [2.24, 2.45) is 0 Å². The van der Waals surface area contributed by atoms with Crippen LogP contribution in [0.25, 0.3) is 0 Å². The Labute approximate surface area is 219 Å². The normalized spacial score (nSPS) is 12.6. The summed E-state index contributed by atoms with van der Waals surface area (Å²) in [6, 6.07) is 31.8. The predicted octanol–water partition coefficient (Wildman–Crippen LogP) is 8.70. The number of anilines is 1. The van der Waals surface area contributed by atoms with Gasteiger partial charge in [0.25, 0.3) is 0 Å². The molecule has 0 spiro atoms. The van der Waals surface area contributed by atoms with Gasteiger partial charge < -0.3 is 10.1 Å². The van der Waals surface area contributed by atoms with Gasteiger partial charge in [0, 0.05) is 22.9 Å². The van der Waals surface area contributed by atoms with Gasteiger partial charge in [-0.25, -0.2) is 0 Å². The molecule has 1 aliphatic rings. The number of benzene rings is 4. The van der Waals surface area contributed by atoms with E-state index in [1.54, 1.807) is 11.8 Å². The molecule has 1 atom stereocenters. The van der Waals surface area contributed by atoms with Gasteiger partial charge in [-0.05, 0) is 55.0 Å². The number of carbonyl (C=O) groups is 1. The maximum atomic E-state index is 13.4. The SMILES string of the molecule is Cc1ccc(NC(=S)SC(CC(=O)c2ccc3c(c2)Sc2ccccc2O3)c2ccccc2)cc1. The van der Waals surface area contributed by atoms with Crippen molar-refractivity contribution in [3.63, 3.8) is 0 Å². The Morgan fingerprint density at radius 1 is 0.914 bits per heavy atom. The van der Waals surface area contributed by atoms with Crippen LogP contribution < -0.4 is 10.1 Å². The average molecular weight is 514 g/mol. The summed E-state index contributed by atoms with van der Waals surface area (Å²) in [5.74, 6) is 1.70. The number of fused-ring (bicyclic) bond motifs is 2. The second-order valence-electron chi connectivity index (χ2n) is 8.24. The smallest absolute Gasteiger partial charge is 0.164 e. The van der Waals surface area contributed by atoms with Gasteiger partial charge in [0.1, 0.15) is 15.8 Å². The minimum Gasteiger partial charge on any atom is -0.455 e. The lowest BCUT2D eigenvalue weighted by Crippen LogP contribution is -2.11. The van der Waals surface area contributed by atoms with Gasteiger partial charge in [-0.3, -0.25) is 4.79 Å². The minimum atomic E-state index is -0.102. The zero-order valence-corrected chi connectivity index (χ0v) is 21.5. The summed E-state index contributed by atoms with van der Waals surface area (Å²) >= 11 is 8.79. The molecule has 6 heteroatoms. The Kier molecular flexibility index (Phi) is 7.23. The highest BCUT2D eigenvalue weighted by molar-refractivity contribution is 8.23. The number of hydrogen-bond donors (Lipinski definition) is 1. The fraction of sp³-hybridized carbons (Fsp3) is 0.103. The summed E-state index contributed by atoms with van der Waals surface area (Å²) in [6.45, 7) is 2.05. The molecule has 0 saturated heterocycles. The highest BCUT2D eigenvalue weighted by Crippen LogP contribution is 2.47. The van der Waals surface area contributed by atoms with E-state index < -0.39 is 0 Å². The van der Waals surface area contributed by atoms with E-state index in [0.717, 1.165) is 32.5 Å². The Morgan fingerprint density at radius 2 is 1.63 bits per heavy atom. The Morgan fingerprint density at radius 3 is 2.43 bits per heavy atom. The van der Waals surface area contributed by atoms with Gasteiger partial charge in [-0.15, -0.1) is 0 Å². The third-order valence-corrected chi connectivity index (χ3v) is 8.17. The van der Waals surface area contributed by atoms with Crippen LogP contribution in [0.15, 0.2) is 107 Å². The van der Waals surface area contributed by atoms with E-state index in [4.69, 9.17) is 17.0 Å². The van der Waals surface area contributed by atoms with Crippen LogP contribution in [0, 0.1) is 6.92 Å². The molecule has 1 N–H and O–H groups in total. The van der Waals surface area contributed by atoms with Gasteiger partial charge in [-0.2, -0.15) is 0 Å². The van der Waals surface area contributed by atoms with E-state index in [0.29, 0.717) is 16.3 Å². The number of carbonyl (C=O) groups excluding carboxylic acids is 1. The summed E-state index contributed by atoms with van der Waals surface area (Å²) < 4.78 is 6.66. The van der Waals surface area contributed by atoms with Gasteiger partial charge in [-0.1, -0.05) is 95.9 Å². The first-order valence-corrected chi connectivity index (χ1v) is 13.4. The number of ketones is 1. The quantitative estimate of drug-likeness (QED) is 0.181. The van der Waals surface area contributed by atoms with Crippen LogP contribution in [0.3, 0.4) is 0 Å². The number of hydrogen-bond acceptors (Lipinski definition) is 5. The first kappa shape index (κ1) is 23.7. The van der Waals surface area contributed by atoms with E-state index in [-0.39, 0.29) is 11.0 Å². The Balaban J connectivity index is 1.32. The number of para-hydroxylation sites is 1. The van der Waals surface area contributed by atoms with Gasteiger partial charge in [0.2, 0.25) is 0 Å². The summed E-state index contributed by atoms with van der Waals surface area (Å²) in [4.78, 5) is 15.4. The fourth-order valence-electron chi connectivity index (χ4n) is 3.80. The van der Waals surface area contributed by atoms with E-state index in [2.05, 4.69) is 12.2 Å². The molecular formula is C29H23NO2S3. The van der Waals surface area contributed by atoms with Crippen LogP contribution in [-0.4, -0.2) is 10.1 Å². The number of nitrogens with one attached hydrogen (secondary N) is 1. The summed E-state index contributed by atoms with van der Waals surface area (Å²) in [5.41, 5.74) is 3.89. The molecule has 0 aromatic heterocycles. The number of ether oxygens (including phenoxy) is 1. The highest BCUT2D eigenvalue weighted by atomic mass is 32.2. The van der Waals surface area contributed by atoms with Crippen molar-refractivity contribution in [1.29, 1.82) is 0 Å². The monoisotopic (exact) mass is 513 g/mol. The lowest BCUT2D eigenvalue weighted by Gasteiger charge is -2.21. The Hall–Kier alpha value is -3.06. The molecule has 0 fully saturated rings. The van der Waals surface area contributed by atoms with Crippen LogP contribution in [0.5, 0.6) is 11.5 Å². The van der Waals surface area contributed by atoms with Crippen LogP contribution in [0.2, 0.25) is 0 Å². The van der Waals surface area contributed by atoms with Crippen LogP contribution in [0.1, 0.15) is 33.2 Å². The number of Topliss-reactive ketones (excluding diaryl/α,β-unsaturated/α-hetero) is 1. The molecule has 4 aromatic carbocycles. The lowest BCUT2D eigenvalue weighted by atomic mass is 10.0. The second-order valence-corrected chi connectivity index (χ2v) is 11.2. The van der Waals surface area contributed by atoms with Crippen molar-refractivity contribution in [2.45, 2.75) is 28.4 Å².